The van der Waals surface area contributed by atoms with Crippen molar-refractivity contribution in [2.24, 2.45) is 0 Å². The lowest BCUT2D eigenvalue weighted by Gasteiger charge is -2.36. The molecule has 3 heterocycles. The summed E-state index contributed by atoms with van der Waals surface area (Å²) in [5, 5.41) is 15.3. The summed E-state index contributed by atoms with van der Waals surface area (Å²) in [5.74, 6) is -0.586. The molecule has 1 fully saturated rings. The van der Waals surface area contributed by atoms with E-state index in [0.29, 0.717) is 37.6 Å². The molecule has 26 heavy (non-hydrogen) atoms. The summed E-state index contributed by atoms with van der Waals surface area (Å²) in [5.41, 5.74) is 0.624. The van der Waals surface area contributed by atoms with Crippen LogP contribution in [0.3, 0.4) is 0 Å². The zero-order chi connectivity index (χ0) is 18.3. The average Bonchev–Trinajstić information content (AvgIpc) is 3.07. The average molecular weight is 360 g/mol. The second kappa shape index (κ2) is 6.21. The molecule has 1 aliphatic rings. The Morgan fingerprint density at radius 3 is 2.50 bits per heavy atom. The van der Waals surface area contributed by atoms with Gasteiger partial charge in [0, 0.05) is 38.3 Å². The van der Waals surface area contributed by atoms with Crippen molar-refractivity contribution in [3.63, 3.8) is 0 Å². The van der Waals surface area contributed by atoms with Crippen molar-refractivity contribution in [2.45, 2.75) is 0 Å². The van der Waals surface area contributed by atoms with Crippen molar-refractivity contribution in [2.75, 3.05) is 36.0 Å². The Bertz CT molecular complexity index is 984. The van der Waals surface area contributed by atoms with Gasteiger partial charge in [0.1, 0.15) is 17.8 Å². The van der Waals surface area contributed by atoms with Gasteiger partial charge < -0.3 is 19.9 Å². The number of nitrogens with zero attached hydrogens (tertiary/aromatic N) is 6. The first-order chi connectivity index (χ1) is 12.5. The molecular formula is C16H14F2N6O2. The molecule has 3 aromatic rings. The van der Waals surface area contributed by atoms with E-state index in [1.165, 1.54) is 10.6 Å². The van der Waals surface area contributed by atoms with E-state index >= 15 is 0 Å². The molecule has 0 aliphatic carbocycles. The van der Waals surface area contributed by atoms with E-state index in [9.17, 15) is 18.9 Å². The van der Waals surface area contributed by atoms with Crippen molar-refractivity contribution in [3.8, 4) is 0 Å². The van der Waals surface area contributed by atoms with Gasteiger partial charge in [-0.05, 0) is 23.1 Å². The predicted octanol–water partition coefficient (Wildman–Crippen LogP) is 2.24. The second-order valence-electron chi connectivity index (χ2n) is 5.90. The first kappa shape index (κ1) is 16.2. The lowest BCUT2D eigenvalue weighted by atomic mass is 10.2. The number of imidazole rings is 1. The van der Waals surface area contributed by atoms with Gasteiger partial charge in [0.05, 0.1) is 5.69 Å². The van der Waals surface area contributed by atoms with Gasteiger partial charge in [0.2, 0.25) is 5.65 Å². The van der Waals surface area contributed by atoms with E-state index in [-0.39, 0.29) is 11.5 Å². The molecular weight excluding hydrogens is 346 g/mol. The fourth-order valence-corrected chi connectivity index (χ4v) is 3.05. The number of benzene rings is 1. The third kappa shape index (κ3) is 2.79. The molecule has 1 saturated heterocycles. The zero-order valence-electron chi connectivity index (χ0n) is 13.5. The number of rotatable bonds is 3. The molecule has 134 valence electrons. The van der Waals surface area contributed by atoms with Crippen LogP contribution in [0.4, 0.5) is 26.1 Å². The highest BCUT2D eigenvalue weighted by atomic mass is 19.1. The molecule has 0 bridgehead atoms. The smallest absolute Gasteiger partial charge is 0.366 e. The van der Waals surface area contributed by atoms with Gasteiger partial charge in [-0.3, -0.25) is 0 Å². The van der Waals surface area contributed by atoms with Crippen LogP contribution < -0.4 is 9.80 Å². The third-order valence-electron chi connectivity index (χ3n) is 4.37. The Hall–Kier alpha value is -3.30. The van der Waals surface area contributed by atoms with Crippen LogP contribution in [0.5, 0.6) is 0 Å². The molecule has 0 spiro atoms. The minimum absolute atomic E-state index is 0.206. The molecule has 1 aromatic carbocycles. The van der Waals surface area contributed by atoms with E-state index in [0.717, 1.165) is 18.3 Å². The highest BCUT2D eigenvalue weighted by Crippen LogP contribution is 2.24. The maximum absolute atomic E-state index is 13.9. The standard InChI is InChI=1S/C16H14F2N6O2/c17-11-1-2-12(18)13(9-11)21-5-7-22(8-6-21)15-4-3-14-19-10-16(24(25)26)23(14)20-15/h1-4,9-10H,5-8H2. The highest BCUT2D eigenvalue weighted by molar-refractivity contribution is 5.52. The van der Waals surface area contributed by atoms with Crippen molar-refractivity contribution >= 4 is 23.0 Å². The third-order valence-corrected chi connectivity index (χ3v) is 4.37. The van der Waals surface area contributed by atoms with Crippen LogP contribution in [0.2, 0.25) is 0 Å². The number of nitro groups is 1. The lowest BCUT2D eigenvalue weighted by Crippen LogP contribution is -2.47. The largest absolute Gasteiger partial charge is 0.368 e. The minimum Gasteiger partial charge on any atom is -0.366 e. The monoisotopic (exact) mass is 360 g/mol. The van der Waals surface area contributed by atoms with E-state index in [1.807, 2.05) is 4.90 Å². The molecule has 0 N–H and O–H groups in total. The molecule has 0 radical (unpaired) electrons. The van der Waals surface area contributed by atoms with Crippen LogP contribution in [0.25, 0.3) is 5.65 Å². The fraction of sp³-hybridized carbons (Fsp3) is 0.250. The van der Waals surface area contributed by atoms with E-state index < -0.39 is 16.6 Å². The second-order valence-corrected chi connectivity index (χ2v) is 5.90. The quantitative estimate of drug-likeness (QED) is 0.526. The molecule has 10 heteroatoms. The van der Waals surface area contributed by atoms with Gasteiger partial charge >= 0.3 is 5.82 Å². The van der Waals surface area contributed by atoms with Gasteiger partial charge in [0.25, 0.3) is 0 Å². The van der Waals surface area contributed by atoms with Gasteiger partial charge in [0.15, 0.2) is 5.82 Å². The molecule has 0 amide bonds. The summed E-state index contributed by atoms with van der Waals surface area (Å²) < 4.78 is 28.5. The van der Waals surface area contributed by atoms with E-state index in [1.54, 1.807) is 17.0 Å². The van der Waals surface area contributed by atoms with E-state index in [2.05, 4.69) is 10.1 Å². The van der Waals surface area contributed by atoms with Crippen molar-refractivity contribution in [1.29, 1.82) is 0 Å². The summed E-state index contributed by atoms with van der Waals surface area (Å²) in [6, 6.07) is 6.79. The first-order valence-electron chi connectivity index (χ1n) is 7.97. The molecule has 0 unspecified atom stereocenters. The van der Waals surface area contributed by atoms with Crippen LogP contribution >= 0.6 is 0 Å². The maximum atomic E-state index is 13.9. The highest BCUT2D eigenvalue weighted by Gasteiger charge is 2.23. The number of hydrogen-bond donors (Lipinski definition) is 0. The summed E-state index contributed by atoms with van der Waals surface area (Å²) in [7, 11) is 0. The number of anilines is 2. The lowest BCUT2D eigenvalue weighted by molar-refractivity contribution is -0.391. The van der Waals surface area contributed by atoms with E-state index in [4.69, 9.17) is 0 Å². The van der Waals surface area contributed by atoms with Crippen LogP contribution in [0, 0.1) is 21.7 Å². The number of piperazine rings is 1. The number of halogens is 2. The van der Waals surface area contributed by atoms with Crippen LogP contribution in [0.15, 0.2) is 36.5 Å². The minimum atomic E-state index is -0.540. The Morgan fingerprint density at radius 2 is 1.77 bits per heavy atom. The Morgan fingerprint density at radius 1 is 1.04 bits per heavy atom. The van der Waals surface area contributed by atoms with Gasteiger partial charge in [-0.2, -0.15) is 0 Å². The molecule has 0 saturated carbocycles. The normalized spacial score (nSPS) is 14.8. The molecule has 8 nitrogen and oxygen atoms in total. The predicted molar refractivity (Wildman–Crippen MR) is 90.4 cm³/mol. The van der Waals surface area contributed by atoms with Gasteiger partial charge in [-0.25, -0.2) is 13.8 Å². The molecule has 2 aromatic heterocycles. The van der Waals surface area contributed by atoms with Crippen molar-refractivity contribution in [1.82, 2.24) is 14.6 Å². The Kier molecular flexibility index (Phi) is 3.86. The number of aromatic nitrogens is 3. The summed E-state index contributed by atoms with van der Waals surface area (Å²) in [4.78, 5) is 18.2. The Labute approximate surface area is 146 Å². The Balaban J connectivity index is 1.54. The number of fused-ring (bicyclic) bond motifs is 1. The summed E-state index contributed by atoms with van der Waals surface area (Å²) >= 11 is 0. The van der Waals surface area contributed by atoms with Crippen LogP contribution in [-0.2, 0) is 0 Å². The molecule has 4 rings (SSSR count). The molecule has 0 atom stereocenters. The van der Waals surface area contributed by atoms with Gasteiger partial charge in [-0.15, -0.1) is 0 Å². The summed E-state index contributed by atoms with van der Waals surface area (Å²) in [6.07, 6.45) is 1.16. The van der Waals surface area contributed by atoms with Crippen LogP contribution in [0.1, 0.15) is 0 Å². The topological polar surface area (TPSA) is 79.8 Å². The van der Waals surface area contributed by atoms with Crippen LogP contribution in [-0.4, -0.2) is 45.7 Å². The van der Waals surface area contributed by atoms with Gasteiger partial charge in [-0.1, -0.05) is 9.61 Å². The van der Waals surface area contributed by atoms with Crippen molar-refractivity contribution < 1.29 is 13.7 Å². The fourth-order valence-electron chi connectivity index (χ4n) is 3.05. The number of hydrogen-bond acceptors (Lipinski definition) is 6. The molecule has 1 aliphatic heterocycles. The SMILES string of the molecule is O=[N+]([O-])c1cnc2ccc(N3CCN(c4cc(F)ccc4F)CC3)nn12. The summed E-state index contributed by atoms with van der Waals surface area (Å²) in [6.45, 7) is 2.01. The zero-order valence-corrected chi connectivity index (χ0v) is 13.5. The van der Waals surface area contributed by atoms with Crippen molar-refractivity contribution in [3.05, 3.63) is 58.3 Å². The first-order valence-corrected chi connectivity index (χ1v) is 7.97. The maximum Gasteiger partial charge on any atom is 0.368 e.